The Morgan fingerprint density at radius 3 is 2.36 bits per heavy atom. The second kappa shape index (κ2) is 4.63. The van der Waals surface area contributed by atoms with E-state index in [1.54, 1.807) is 0 Å². The third-order valence-corrected chi connectivity index (χ3v) is 2.97. The molecular formula is C12H26N2. The predicted octanol–water partition coefficient (Wildman–Crippen LogP) is 1.82. The molecule has 1 aliphatic rings. The van der Waals surface area contributed by atoms with Crippen molar-refractivity contribution in [2.24, 2.45) is 17.3 Å². The zero-order valence-corrected chi connectivity index (χ0v) is 10.4. The summed E-state index contributed by atoms with van der Waals surface area (Å²) in [4.78, 5) is 2.48. The number of hydrogen-bond donors (Lipinski definition) is 1. The molecule has 0 bridgehead atoms. The Bertz CT molecular complexity index is 172. The summed E-state index contributed by atoms with van der Waals surface area (Å²) in [5, 5.41) is 3.46. The molecule has 0 aliphatic carbocycles. The minimum Gasteiger partial charge on any atom is -0.316 e. The summed E-state index contributed by atoms with van der Waals surface area (Å²) in [6, 6.07) is 0. The molecule has 2 atom stereocenters. The topological polar surface area (TPSA) is 15.3 Å². The van der Waals surface area contributed by atoms with Crippen molar-refractivity contribution in [3.05, 3.63) is 0 Å². The smallest absolute Gasteiger partial charge is 0.00271 e. The average Bonchev–Trinajstić information content (AvgIpc) is 2.32. The average molecular weight is 198 g/mol. The Morgan fingerprint density at radius 2 is 1.93 bits per heavy atom. The molecule has 2 nitrogen and oxygen atoms in total. The van der Waals surface area contributed by atoms with Gasteiger partial charge in [0.1, 0.15) is 0 Å². The van der Waals surface area contributed by atoms with E-state index >= 15 is 0 Å². The van der Waals surface area contributed by atoms with Crippen molar-refractivity contribution in [3.8, 4) is 0 Å². The molecule has 1 heterocycles. The molecule has 0 amide bonds. The maximum Gasteiger partial charge on any atom is 0.00271 e. The fourth-order valence-corrected chi connectivity index (χ4v) is 2.38. The van der Waals surface area contributed by atoms with Crippen LogP contribution in [0.2, 0.25) is 0 Å². The van der Waals surface area contributed by atoms with Crippen LogP contribution in [-0.4, -0.2) is 38.1 Å². The Hall–Kier alpha value is -0.0800. The molecule has 1 fully saturated rings. The van der Waals surface area contributed by atoms with E-state index in [0.717, 1.165) is 11.8 Å². The molecule has 0 aromatic heterocycles. The van der Waals surface area contributed by atoms with E-state index in [2.05, 4.69) is 45.0 Å². The maximum atomic E-state index is 3.46. The lowest BCUT2D eigenvalue weighted by molar-refractivity contribution is 0.191. The molecule has 0 spiro atoms. The van der Waals surface area contributed by atoms with E-state index in [1.165, 1.54) is 26.2 Å². The van der Waals surface area contributed by atoms with Gasteiger partial charge in [-0.15, -0.1) is 0 Å². The first-order valence-corrected chi connectivity index (χ1v) is 5.78. The fraction of sp³-hybridized carbons (Fsp3) is 1.00. The Labute approximate surface area is 89.1 Å². The first-order valence-electron chi connectivity index (χ1n) is 5.78. The second-order valence-electron chi connectivity index (χ2n) is 6.15. The van der Waals surface area contributed by atoms with Crippen molar-refractivity contribution in [1.29, 1.82) is 0 Å². The molecular weight excluding hydrogens is 172 g/mol. The first-order chi connectivity index (χ1) is 6.38. The van der Waals surface area contributed by atoms with Gasteiger partial charge in [-0.25, -0.2) is 0 Å². The third-order valence-electron chi connectivity index (χ3n) is 2.97. The fourth-order valence-electron chi connectivity index (χ4n) is 2.38. The summed E-state index contributed by atoms with van der Waals surface area (Å²) in [6.07, 6.45) is 0. The highest BCUT2D eigenvalue weighted by Gasteiger charge is 2.25. The maximum absolute atomic E-state index is 3.46. The van der Waals surface area contributed by atoms with Crippen LogP contribution in [0.1, 0.15) is 27.7 Å². The van der Waals surface area contributed by atoms with E-state index in [4.69, 9.17) is 0 Å². The van der Waals surface area contributed by atoms with E-state index in [-0.39, 0.29) is 0 Å². The van der Waals surface area contributed by atoms with Crippen molar-refractivity contribution < 1.29 is 0 Å². The SMILES string of the molecule is C[C@@H]1CNC[C@H]1CN(C)CC(C)(C)C. The first kappa shape index (κ1) is 12.0. The zero-order chi connectivity index (χ0) is 10.8. The third kappa shape index (κ3) is 3.97. The highest BCUT2D eigenvalue weighted by molar-refractivity contribution is 4.80. The minimum atomic E-state index is 0.421. The van der Waals surface area contributed by atoms with Crippen LogP contribution in [0.4, 0.5) is 0 Å². The summed E-state index contributed by atoms with van der Waals surface area (Å²) in [6.45, 7) is 14.1. The van der Waals surface area contributed by atoms with Crippen LogP contribution in [-0.2, 0) is 0 Å². The number of hydrogen-bond acceptors (Lipinski definition) is 2. The van der Waals surface area contributed by atoms with Crippen LogP contribution in [0, 0.1) is 17.3 Å². The van der Waals surface area contributed by atoms with Crippen molar-refractivity contribution >= 4 is 0 Å². The van der Waals surface area contributed by atoms with Gasteiger partial charge < -0.3 is 10.2 Å². The number of rotatable bonds is 3. The van der Waals surface area contributed by atoms with Gasteiger partial charge in [0, 0.05) is 13.1 Å². The molecule has 0 saturated carbocycles. The highest BCUT2D eigenvalue weighted by Crippen LogP contribution is 2.19. The normalized spacial score (nSPS) is 28.7. The van der Waals surface area contributed by atoms with Gasteiger partial charge in [-0.3, -0.25) is 0 Å². The Balaban J connectivity index is 2.29. The molecule has 0 aromatic carbocycles. The quantitative estimate of drug-likeness (QED) is 0.744. The van der Waals surface area contributed by atoms with Crippen LogP contribution in [0.5, 0.6) is 0 Å². The molecule has 0 radical (unpaired) electrons. The second-order valence-corrected chi connectivity index (χ2v) is 6.15. The van der Waals surface area contributed by atoms with Crippen molar-refractivity contribution in [3.63, 3.8) is 0 Å². The Morgan fingerprint density at radius 1 is 1.29 bits per heavy atom. The summed E-state index contributed by atoms with van der Waals surface area (Å²) in [5.74, 6) is 1.69. The van der Waals surface area contributed by atoms with E-state index in [9.17, 15) is 0 Å². The van der Waals surface area contributed by atoms with Gasteiger partial charge in [0.2, 0.25) is 0 Å². The molecule has 2 heteroatoms. The van der Waals surface area contributed by atoms with Gasteiger partial charge in [0.25, 0.3) is 0 Å². The summed E-state index contributed by atoms with van der Waals surface area (Å²) in [7, 11) is 2.25. The molecule has 0 aromatic rings. The monoisotopic (exact) mass is 198 g/mol. The summed E-state index contributed by atoms with van der Waals surface area (Å²) >= 11 is 0. The molecule has 1 rings (SSSR count). The van der Waals surface area contributed by atoms with E-state index in [0.29, 0.717) is 5.41 Å². The number of nitrogens with zero attached hydrogens (tertiary/aromatic N) is 1. The molecule has 84 valence electrons. The van der Waals surface area contributed by atoms with Crippen molar-refractivity contribution in [2.75, 3.05) is 33.2 Å². The van der Waals surface area contributed by atoms with Crippen LogP contribution >= 0.6 is 0 Å². The minimum absolute atomic E-state index is 0.421. The lowest BCUT2D eigenvalue weighted by Gasteiger charge is -2.29. The lowest BCUT2D eigenvalue weighted by atomic mass is 9.94. The van der Waals surface area contributed by atoms with Crippen LogP contribution < -0.4 is 5.32 Å². The molecule has 1 saturated heterocycles. The predicted molar refractivity (Wildman–Crippen MR) is 62.5 cm³/mol. The van der Waals surface area contributed by atoms with Crippen LogP contribution in [0.15, 0.2) is 0 Å². The number of nitrogens with one attached hydrogen (secondary N) is 1. The summed E-state index contributed by atoms with van der Waals surface area (Å²) < 4.78 is 0. The molecule has 1 N–H and O–H groups in total. The van der Waals surface area contributed by atoms with Gasteiger partial charge in [0.05, 0.1) is 0 Å². The van der Waals surface area contributed by atoms with Crippen LogP contribution in [0.3, 0.4) is 0 Å². The van der Waals surface area contributed by atoms with Gasteiger partial charge in [-0.1, -0.05) is 27.7 Å². The van der Waals surface area contributed by atoms with Gasteiger partial charge in [-0.2, -0.15) is 0 Å². The van der Waals surface area contributed by atoms with Crippen LogP contribution in [0.25, 0.3) is 0 Å². The summed E-state index contributed by atoms with van der Waals surface area (Å²) in [5.41, 5.74) is 0.421. The standard InChI is InChI=1S/C12H26N2/c1-10-6-13-7-11(10)8-14(5)9-12(2,3)4/h10-11,13H,6-9H2,1-5H3/t10-,11+/m1/s1. The highest BCUT2D eigenvalue weighted by atomic mass is 15.1. The van der Waals surface area contributed by atoms with Crippen molar-refractivity contribution in [2.45, 2.75) is 27.7 Å². The zero-order valence-electron chi connectivity index (χ0n) is 10.4. The van der Waals surface area contributed by atoms with E-state index in [1.807, 2.05) is 0 Å². The largest absolute Gasteiger partial charge is 0.316 e. The van der Waals surface area contributed by atoms with Gasteiger partial charge in [0.15, 0.2) is 0 Å². The van der Waals surface area contributed by atoms with Gasteiger partial charge >= 0.3 is 0 Å². The van der Waals surface area contributed by atoms with Crippen molar-refractivity contribution in [1.82, 2.24) is 10.2 Å². The molecule has 0 unspecified atom stereocenters. The molecule has 1 aliphatic heterocycles. The van der Waals surface area contributed by atoms with Gasteiger partial charge in [-0.05, 0) is 37.4 Å². The molecule has 14 heavy (non-hydrogen) atoms. The van der Waals surface area contributed by atoms with E-state index < -0.39 is 0 Å². The lowest BCUT2D eigenvalue weighted by Crippen LogP contribution is -2.35. The Kier molecular flexibility index (Phi) is 3.96.